The van der Waals surface area contributed by atoms with Crippen LogP contribution in [0.15, 0.2) is 59.9 Å². The number of H-pyrrole nitrogens is 1. The third-order valence-corrected chi connectivity index (χ3v) is 6.99. The van der Waals surface area contributed by atoms with Crippen LogP contribution in [0.5, 0.6) is 0 Å². The Balaban J connectivity index is 1.43. The van der Waals surface area contributed by atoms with Gasteiger partial charge in [0.25, 0.3) is 0 Å². The van der Waals surface area contributed by atoms with E-state index in [0.717, 1.165) is 41.7 Å². The van der Waals surface area contributed by atoms with Gasteiger partial charge in [0.1, 0.15) is 6.07 Å². The number of anilines is 1. The Morgan fingerprint density at radius 1 is 1.29 bits per heavy atom. The average molecular weight is 473 g/mol. The topological polar surface area (TPSA) is 109 Å². The van der Waals surface area contributed by atoms with Crippen molar-refractivity contribution in [2.75, 3.05) is 11.9 Å². The Morgan fingerprint density at radius 3 is 2.94 bits per heavy atom. The summed E-state index contributed by atoms with van der Waals surface area (Å²) in [5.41, 5.74) is 2.93. The molecule has 1 aliphatic heterocycles. The van der Waals surface area contributed by atoms with Gasteiger partial charge in [0.2, 0.25) is 5.91 Å². The number of fused-ring (bicyclic) bond motifs is 1. The fraction of sp³-hybridized carbons (Fsp3) is 0.280. The lowest BCUT2D eigenvalue weighted by atomic mass is 10.1. The number of thioether (sulfide) groups is 1. The second kappa shape index (κ2) is 9.71. The molecular weight excluding hydrogens is 448 g/mol. The van der Waals surface area contributed by atoms with Crippen molar-refractivity contribution in [1.29, 1.82) is 5.26 Å². The Kier molecular flexibility index (Phi) is 6.34. The van der Waals surface area contributed by atoms with Gasteiger partial charge in [-0.1, -0.05) is 42.1 Å². The van der Waals surface area contributed by atoms with E-state index in [4.69, 9.17) is 4.74 Å². The van der Waals surface area contributed by atoms with E-state index >= 15 is 0 Å². The Hall–Kier alpha value is -3.61. The fourth-order valence-corrected chi connectivity index (χ4v) is 4.98. The molecule has 0 radical (unpaired) electrons. The smallest absolute Gasteiger partial charge is 0.237 e. The van der Waals surface area contributed by atoms with Crippen LogP contribution in [0.25, 0.3) is 22.3 Å². The fourth-order valence-electron chi connectivity index (χ4n) is 4.12. The molecular formula is C25H24N6O2S. The van der Waals surface area contributed by atoms with E-state index < -0.39 is 5.25 Å². The molecule has 9 heteroatoms. The van der Waals surface area contributed by atoms with E-state index in [2.05, 4.69) is 37.2 Å². The molecule has 0 spiro atoms. The monoisotopic (exact) mass is 472 g/mol. The van der Waals surface area contributed by atoms with Crippen molar-refractivity contribution in [2.24, 2.45) is 0 Å². The van der Waals surface area contributed by atoms with Gasteiger partial charge in [0.05, 0.1) is 29.1 Å². The van der Waals surface area contributed by atoms with E-state index in [1.165, 1.54) is 11.8 Å². The van der Waals surface area contributed by atoms with Crippen LogP contribution in [-0.2, 0) is 16.1 Å². The highest BCUT2D eigenvalue weighted by Crippen LogP contribution is 2.32. The molecule has 34 heavy (non-hydrogen) atoms. The molecule has 2 atom stereocenters. The van der Waals surface area contributed by atoms with Crippen molar-refractivity contribution in [3.05, 3.63) is 60.3 Å². The first-order chi connectivity index (χ1) is 16.6. The first-order valence-electron chi connectivity index (χ1n) is 11.2. The molecule has 5 rings (SSSR count). The molecule has 3 heterocycles. The molecule has 2 aromatic heterocycles. The van der Waals surface area contributed by atoms with Crippen LogP contribution < -0.4 is 5.32 Å². The van der Waals surface area contributed by atoms with Gasteiger partial charge in [-0.2, -0.15) is 5.26 Å². The molecule has 2 N–H and O–H groups in total. The number of nitriles is 1. The molecule has 2 unspecified atom stereocenters. The summed E-state index contributed by atoms with van der Waals surface area (Å²) in [7, 11) is 0. The molecule has 0 saturated carbocycles. The number of carbonyl (C=O) groups is 1. The lowest BCUT2D eigenvalue weighted by molar-refractivity contribution is -0.115. The molecule has 1 saturated heterocycles. The van der Waals surface area contributed by atoms with Gasteiger partial charge in [-0.15, -0.1) is 10.2 Å². The highest BCUT2D eigenvalue weighted by molar-refractivity contribution is 8.00. The van der Waals surface area contributed by atoms with Crippen molar-refractivity contribution in [2.45, 2.75) is 42.8 Å². The standard InChI is InChI=1S/C25H24N6O2S/c1-16(24(32)28-21-10-4-2-7-17(21)13-26)34-25-30-29-23(31(25)15-18-8-6-12-33-18)20-14-27-22-11-5-3-9-19(20)22/h2-5,7,9-11,14,16,18,27H,6,8,12,15H2,1H3,(H,28,32). The Morgan fingerprint density at radius 2 is 2.12 bits per heavy atom. The maximum Gasteiger partial charge on any atom is 0.237 e. The van der Waals surface area contributed by atoms with Crippen molar-refractivity contribution < 1.29 is 9.53 Å². The van der Waals surface area contributed by atoms with E-state index in [0.29, 0.717) is 23.0 Å². The molecule has 0 aliphatic carbocycles. The minimum Gasteiger partial charge on any atom is -0.376 e. The third kappa shape index (κ3) is 4.42. The number of nitrogens with one attached hydrogen (secondary N) is 2. The molecule has 0 bridgehead atoms. The van der Waals surface area contributed by atoms with Crippen molar-refractivity contribution in [1.82, 2.24) is 19.7 Å². The molecule has 172 valence electrons. The number of carbonyl (C=O) groups excluding carboxylic acids is 1. The van der Waals surface area contributed by atoms with Crippen LogP contribution in [0.3, 0.4) is 0 Å². The SMILES string of the molecule is CC(Sc1nnc(-c2c[nH]c3ccccc23)n1CC1CCCO1)C(=O)Nc1ccccc1C#N. The van der Waals surface area contributed by atoms with Crippen molar-refractivity contribution >= 4 is 34.3 Å². The minimum atomic E-state index is -0.449. The number of hydrogen-bond donors (Lipinski definition) is 2. The summed E-state index contributed by atoms with van der Waals surface area (Å²) in [5, 5.41) is 22.4. The molecule has 8 nitrogen and oxygen atoms in total. The summed E-state index contributed by atoms with van der Waals surface area (Å²) in [4.78, 5) is 16.2. The number of rotatable bonds is 7. The summed E-state index contributed by atoms with van der Waals surface area (Å²) in [5.74, 6) is 0.547. The van der Waals surface area contributed by atoms with Gasteiger partial charge in [-0.05, 0) is 38.0 Å². The Labute approximate surface area is 201 Å². The van der Waals surface area contributed by atoms with E-state index in [1.807, 2.05) is 31.3 Å². The largest absolute Gasteiger partial charge is 0.376 e. The van der Waals surface area contributed by atoms with Gasteiger partial charge in [0, 0.05) is 29.3 Å². The van der Waals surface area contributed by atoms with Crippen LogP contribution >= 0.6 is 11.8 Å². The molecule has 1 amide bonds. The Bertz CT molecular complexity index is 1370. The number of aromatic amines is 1. The number of hydrogen-bond acceptors (Lipinski definition) is 6. The van der Waals surface area contributed by atoms with Crippen LogP contribution in [0.4, 0.5) is 5.69 Å². The zero-order chi connectivity index (χ0) is 23.5. The van der Waals surface area contributed by atoms with Gasteiger partial charge >= 0.3 is 0 Å². The molecule has 4 aromatic rings. The second-order valence-corrected chi connectivity index (χ2v) is 9.51. The quantitative estimate of drug-likeness (QED) is 0.381. The number of ether oxygens (including phenoxy) is 1. The third-order valence-electron chi connectivity index (χ3n) is 5.91. The van der Waals surface area contributed by atoms with Gasteiger partial charge in [0.15, 0.2) is 11.0 Å². The second-order valence-electron chi connectivity index (χ2n) is 8.21. The summed E-state index contributed by atoms with van der Waals surface area (Å²) >= 11 is 1.35. The number of para-hydroxylation sites is 2. The van der Waals surface area contributed by atoms with Crippen LogP contribution in [0.1, 0.15) is 25.3 Å². The minimum absolute atomic E-state index is 0.0888. The van der Waals surface area contributed by atoms with Crippen LogP contribution in [-0.4, -0.2) is 43.6 Å². The molecule has 1 aliphatic rings. The lowest BCUT2D eigenvalue weighted by Gasteiger charge is -2.16. The first-order valence-corrected chi connectivity index (χ1v) is 12.1. The zero-order valence-corrected chi connectivity index (χ0v) is 19.5. The first kappa shape index (κ1) is 22.2. The highest BCUT2D eigenvalue weighted by Gasteiger charge is 2.26. The van der Waals surface area contributed by atoms with Gasteiger partial charge in [-0.3, -0.25) is 9.36 Å². The van der Waals surface area contributed by atoms with Gasteiger partial charge in [-0.25, -0.2) is 0 Å². The van der Waals surface area contributed by atoms with E-state index in [1.54, 1.807) is 24.3 Å². The normalized spacial score (nSPS) is 16.4. The highest BCUT2D eigenvalue weighted by atomic mass is 32.2. The average Bonchev–Trinajstić information content (AvgIpc) is 3.60. The zero-order valence-electron chi connectivity index (χ0n) is 18.7. The van der Waals surface area contributed by atoms with Crippen molar-refractivity contribution in [3.63, 3.8) is 0 Å². The summed E-state index contributed by atoms with van der Waals surface area (Å²) < 4.78 is 7.95. The number of aromatic nitrogens is 4. The summed E-state index contributed by atoms with van der Waals surface area (Å²) in [6.07, 6.45) is 4.06. The number of nitrogens with zero attached hydrogens (tertiary/aromatic N) is 4. The predicted molar refractivity (Wildman–Crippen MR) is 131 cm³/mol. The maximum atomic E-state index is 12.9. The van der Waals surface area contributed by atoms with Crippen LogP contribution in [0, 0.1) is 11.3 Å². The van der Waals surface area contributed by atoms with Crippen molar-refractivity contribution in [3.8, 4) is 17.5 Å². The maximum absolute atomic E-state index is 12.9. The molecule has 1 fully saturated rings. The van der Waals surface area contributed by atoms with Gasteiger partial charge < -0.3 is 15.0 Å². The molecule has 2 aromatic carbocycles. The lowest BCUT2D eigenvalue weighted by Crippen LogP contribution is -2.24. The number of benzene rings is 2. The van der Waals surface area contributed by atoms with E-state index in [9.17, 15) is 10.1 Å². The van der Waals surface area contributed by atoms with E-state index in [-0.39, 0.29) is 12.0 Å². The number of amides is 1. The predicted octanol–water partition coefficient (Wildman–Crippen LogP) is 4.60. The summed E-state index contributed by atoms with van der Waals surface area (Å²) in [6.45, 7) is 3.20. The van der Waals surface area contributed by atoms with Crippen LogP contribution in [0.2, 0.25) is 0 Å². The summed E-state index contributed by atoms with van der Waals surface area (Å²) in [6, 6.07) is 17.2.